The van der Waals surface area contributed by atoms with Crippen LogP contribution in [-0.4, -0.2) is 36.2 Å². The van der Waals surface area contributed by atoms with Crippen molar-refractivity contribution < 1.29 is 9.90 Å². The van der Waals surface area contributed by atoms with Crippen molar-refractivity contribution in [1.82, 2.24) is 10.6 Å². The molecule has 4 nitrogen and oxygen atoms in total. The van der Waals surface area contributed by atoms with Crippen LogP contribution >= 0.6 is 0 Å². The van der Waals surface area contributed by atoms with Crippen molar-refractivity contribution in [3.8, 4) is 0 Å². The van der Waals surface area contributed by atoms with Gasteiger partial charge in [-0.1, -0.05) is 13.8 Å². The summed E-state index contributed by atoms with van der Waals surface area (Å²) >= 11 is 0. The molecule has 0 aromatic rings. The Kier molecular flexibility index (Phi) is 7.42. The van der Waals surface area contributed by atoms with Crippen LogP contribution in [0.4, 0.5) is 0 Å². The summed E-state index contributed by atoms with van der Waals surface area (Å²) in [5, 5.41) is 14.6. The van der Waals surface area contributed by atoms with E-state index in [1.807, 2.05) is 0 Å². The van der Waals surface area contributed by atoms with Crippen LogP contribution < -0.4 is 10.6 Å². The topological polar surface area (TPSA) is 61.4 Å². The Morgan fingerprint density at radius 1 is 1.36 bits per heavy atom. The number of carbonyl (C=O) groups is 1. The molecular formula is C10H22N2O2. The summed E-state index contributed by atoms with van der Waals surface area (Å²) in [4.78, 5) is 11.2. The van der Waals surface area contributed by atoms with E-state index in [0.29, 0.717) is 12.5 Å². The Bertz CT molecular complexity index is 160. The standard InChI is InChI=1S/C10H22N2O2/c1-8(2)11-6-4-5-10(14)12-9(3)7-13/h8-9,11,13H,4-7H2,1-3H3,(H,12,14)/t9-/m1/s1. The number of carbonyl (C=O) groups excluding carboxylic acids is 1. The molecule has 4 heteroatoms. The maximum absolute atomic E-state index is 11.2. The fourth-order valence-corrected chi connectivity index (χ4v) is 1.03. The highest BCUT2D eigenvalue weighted by Crippen LogP contribution is 1.90. The molecule has 0 aliphatic carbocycles. The first-order chi connectivity index (χ1) is 6.56. The molecule has 0 unspecified atom stereocenters. The number of hydrogen-bond donors (Lipinski definition) is 3. The highest BCUT2D eigenvalue weighted by molar-refractivity contribution is 5.76. The maximum atomic E-state index is 11.2. The van der Waals surface area contributed by atoms with E-state index in [4.69, 9.17) is 5.11 Å². The molecule has 0 aromatic carbocycles. The van der Waals surface area contributed by atoms with Crippen LogP contribution in [0.5, 0.6) is 0 Å². The van der Waals surface area contributed by atoms with E-state index in [1.54, 1.807) is 6.92 Å². The van der Waals surface area contributed by atoms with Crippen molar-refractivity contribution in [1.29, 1.82) is 0 Å². The van der Waals surface area contributed by atoms with Crippen molar-refractivity contribution in [3.05, 3.63) is 0 Å². The fraction of sp³-hybridized carbons (Fsp3) is 0.900. The highest BCUT2D eigenvalue weighted by Gasteiger charge is 2.05. The summed E-state index contributed by atoms with van der Waals surface area (Å²) in [7, 11) is 0. The maximum Gasteiger partial charge on any atom is 0.220 e. The van der Waals surface area contributed by atoms with Crippen LogP contribution in [0.3, 0.4) is 0 Å². The third-order valence-electron chi connectivity index (χ3n) is 1.81. The van der Waals surface area contributed by atoms with Crippen molar-refractivity contribution >= 4 is 5.91 Å². The third kappa shape index (κ3) is 8.01. The predicted octanol–water partition coefficient (Wildman–Crippen LogP) is 0.262. The van der Waals surface area contributed by atoms with Gasteiger partial charge < -0.3 is 15.7 Å². The largest absolute Gasteiger partial charge is 0.394 e. The van der Waals surface area contributed by atoms with Crippen molar-refractivity contribution in [2.75, 3.05) is 13.2 Å². The van der Waals surface area contributed by atoms with E-state index in [-0.39, 0.29) is 18.6 Å². The van der Waals surface area contributed by atoms with Gasteiger partial charge in [0.2, 0.25) is 5.91 Å². The van der Waals surface area contributed by atoms with E-state index in [0.717, 1.165) is 13.0 Å². The average Bonchev–Trinajstić information content (AvgIpc) is 2.12. The summed E-state index contributed by atoms with van der Waals surface area (Å²) in [5.41, 5.74) is 0. The van der Waals surface area contributed by atoms with E-state index in [9.17, 15) is 4.79 Å². The molecule has 1 amide bonds. The zero-order valence-corrected chi connectivity index (χ0v) is 9.34. The van der Waals surface area contributed by atoms with Gasteiger partial charge in [0.05, 0.1) is 6.61 Å². The Balaban J connectivity index is 3.36. The lowest BCUT2D eigenvalue weighted by atomic mass is 10.2. The molecule has 3 N–H and O–H groups in total. The van der Waals surface area contributed by atoms with Gasteiger partial charge in [-0.15, -0.1) is 0 Å². The molecule has 14 heavy (non-hydrogen) atoms. The number of aliphatic hydroxyl groups is 1. The smallest absolute Gasteiger partial charge is 0.220 e. The van der Waals surface area contributed by atoms with Gasteiger partial charge in [0.25, 0.3) is 0 Å². The second-order valence-electron chi connectivity index (χ2n) is 3.86. The first-order valence-electron chi connectivity index (χ1n) is 5.20. The second kappa shape index (κ2) is 7.76. The molecule has 0 heterocycles. The fourth-order valence-electron chi connectivity index (χ4n) is 1.03. The molecule has 0 spiro atoms. The number of aliphatic hydroxyl groups excluding tert-OH is 1. The van der Waals surface area contributed by atoms with Gasteiger partial charge in [-0.05, 0) is 19.9 Å². The van der Waals surface area contributed by atoms with Crippen LogP contribution in [-0.2, 0) is 4.79 Å². The Labute approximate surface area is 86.1 Å². The van der Waals surface area contributed by atoms with Crippen LogP contribution in [0.2, 0.25) is 0 Å². The first-order valence-corrected chi connectivity index (χ1v) is 5.20. The Hall–Kier alpha value is -0.610. The van der Waals surface area contributed by atoms with Gasteiger partial charge in [0.1, 0.15) is 0 Å². The number of rotatable bonds is 7. The van der Waals surface area contributed by atoms with Gasteiger partial charge in [-0.2, -0.15) is 0 Å². The Morgan fingerprint density at radius 2 is 2.00 bits per heavy atom. The second-order valence-corrected chi connectivity index (χ2v) is 3.86. The van der Waals surface area contributed by atoms with Gasteiger partial charge in [0, 0.05) is 18.5 Å². The highest BCUT2D eigenvalue weighted by atomic mass is 16.3. The zero-order valence-electron chi connectivity index (χ0n) is 9.34. The normalized spacial score (nSPS) is 12.9. The molecular weight excluding hydrogens is 180 g/mol. The molecule has 0 saturated heterocycles. The molecule has 0 aromatic heterocycles. The summed E-state index contributed by atoms with van der Waals surface area (Å²) in [6.07, 6.45) is 1.35. The van der Waals surface area contributed by atoms with E-state index < -0.39 is 0 Å². The van der Waals surface area contributed by atoms with E-state index >= 15 is 0 Å². The number of amides is 1. The van der Waals surface area contributed by atoms with Gasteiger partial charge in [-0.25, -0.2) is 0 Å². The summed E-state index contributed by atoms with van der Waals surface area (Å²) in [5.74, 6) is 0.0112. The van der Waals surface area contributed by atoms with Crippen molar-refractivity contribution in [3.63, 3.8) is 0 Å². The lowest BCUT2D eigenvalue weighted by molar-refractivity contribution is -0.122. The van der Waals surface area contributed by atoms with E-state index in [2.05, 4.69) is 24.5 Å². The SMILES string of the molecule is CC(C)NCCCC(=O)N[C@H](C)CO. The minimum Gasteiger partial charge on any atom is -0.394 e. The van der Waals surface area contributed by atoms with Crippen LogP contribution in [0.25, 0.3) is 0 Å². The molecule has 0 rings (SSSR count). The quantitative estimate of drug-likeness (QED) is 0.519. The lowest BCUT2D eigenvalue weighted by Crippen LogP contribution is -2.35. The van der Waals surface area contributed by atoms with Crippen LogP contribution in [0.15, 0.2) is 0 Å². The Morgan fingerprint density at radius 3 is 2.50 bits per heavy atom. The van der Waals surface area contributed by atoms with Crippen LogP contribution in [0.1, 0.15) is 33.6 Å². The minimum atomic E-state index is -0.138. The van der Waals surface area contributed by atoms with Gasteiger partial charge in [0.15, 0.2) is 0 Å². The molecule has 0 fully saturated rings. The molecule has 1 atom stereocenters. The number of nitrogens with one attached hydrogen (secondary N) is 2. The van der Waals surface area contributed by atoms with Crippen LogP contribution in [0, 0.1) is 0 Å². The monoisotopic (exact) mass is 202 g/mol. The molecule has 0 aliphatic rings. The minimum absolute atomic E-state index is 0.00398. The molecule has 0 bridgehead atoms. The molecule has 84 valence electrons. The van der Waals surface area contributed by atoms with Gasteiger partial charge in [-0.3, -0.25) is 4.79 Å². The van der Waals surface area contributed by atoms with E-state index in [1.165, 1.54) is 0 Å². The average molecular weight is 202 g/mol. The van der Waals surface area contributed by atoms with Crippen molar-refractivity contribution in [2.45, 2.75) is 45.7 Å². The predicted molar refractivity (Wildman–Crippen MR) is 57.1 cm³/mol. The summed E-state index contributed by atoms with van der Waals surface area (Å²) in [6.45, 7) is 6.79. The molecule has 0 saturated carbocycles. The third-order valence-corrected chi connectivity index (χ3v) is 1.81. The summed E-state index contributed by atoms with van der Waals surface area (Å²) in [6, 6.07) is 0.329. The first kappa shape index (κ1) is 13.4. The summed E-state index contributed by atoms with van der Waals surface area (Å²) < 4.78 is 0. The number of hydrogen-bond acceptors (Lipinski definition) is 3. The van der Waals surface area contributed by atoms with Crippen molar-refractivity contribution in [2.24, 2.45) is 0 Å². The molecule has 0 aliphatic heterocycles. The van der Waals surface area contributed by atoms with Gasteiger partial charge >= 0.3 is 0 Å². The zero-order chi connectivity index (χ0) is 11.0. The lowest BCUT2D eigenvalue weighted by Gasteiger charge is -2.11. The molecule has 0 radical (unpaired) electrons.